The first-order valence-corrected chi connectivity index (χ1v) is 5.82. The highest BCUT2D eigenvalue weighted by Crippen LogP contribution is 2.13. The summed E-state index contributed by atoms with van der Waals surface area (Å²) in [6.45, 7) is 2.57. The molecule has 0 aliphatic carbocycles. The fourth-order valence-corrected chi connectivity index (χ4v) is 1.53. The van der Waals surface area contributed by atoms with Crippen LogP contribution in [0.25, 0.3) is 0 Å². The first-order valence-electron chi connectivity index (χ1n) is 5.82. The molecule has 19 heavy (non-hydrogen) atoms. The third-order valence-corrected chi connectivity index (χ3v) is 2.37. The lowest BCUT2D eigenvalue weighted by Crippen LogP contribution is -2.16. The molecular weight excluding hydrogens is 247 g/mol. The van der Waals surface area contributed by atoms with Crippen molar-refractivity contribution < 1.29 is 9.18 Å². The second-order valence-electron chi connectivity index (χ2n) is 3.75. The number of hydrogen-bond donors (Lipinski definition) is 2. The van der Waals surface area contributed by atoms with Crippen molar-refractivity contribution in [1.29, 1.82) is 0 Å². The van der Waals surface area contributed by atoms with Gasteiger partial charge in [0.25, 0.3) is 5.91 Å². The van der Waals surface area contributed by atoms with Crippen LogP contribution in [0, 0.1) is 5.82 Å². The third kappa shape index (κ3) is 3.25. The molecule has 0 aliphatic rings. The maximum Gasteiger partial charge on any atom is 0.260 e. The van der Waals surface area contributed by atoms with Crippen LogP contribution in [-0.4, -0.2) is 22.4 Å². The van der Waals surface area contributed by atoms with Gasteiger partial charge >= 0.3 is 0 Å². The number of amides is 1. The number of anilines is 2. The number of nitrogens with zero attached hydrogens (tertiary/aromatic N) is 2. The van der Waals surface area contributed by atoms with Crippen molar-refractivity contribution >= 4 is 17.5 Å². The predicted octanol–water partition coefficient (Wildman–Crippen LogP) is 2.30. The quantitative estimate of drug-likeness (QED) is 0.885. The summed E-state index contributed by atoms with van der Waals surface area (Å²) in [5, 5.41) is 5.59. The summed E-state index contributed by atoms with van der Waals surface area (Å²) in [6, 6.07) is 5.96. The van der Waals surface area contributed by atoms with Crippen molar-refractivity contribution in [2.75, 3.05) is 17.2 Å². The maximum absolute atomic E-state index is 12.7. The Morgan fingerprint density at radius 3 is 2.84 bits per heavy atom. The molecule has 2 heterocycles. The van der Waals surface area contributed by atoms with Gasteiger partial charge < -0.3 is 10.6 Å². The standard InChI is InChI=1S/C13H13FN4O/c1-2-15-12-10(4-3-7-16-12)13(19)18-11-6-5-9(14)8-17-11/h3-8H,2H2,1H3,(H,15,16)(H,17,18,19). The molecule has 0 unspecified atom stereocenters. The molecule has 0 saturated heterocycles. The van der Waals surface area contributed by atoms with Gasteiger partial charge in [0.05, 0.1) is 11.8 Å². The van der Waals surface area contributed by atoms with E-state index in [1.54, 1.807) is 18.3 Å². The molecule has 0 atom stereocenters. The van der Waals surface area contributed by atoms with Crippen LogP contribution in [-0.2, 0) is 0 Å². The number of carbonyl (C=O) groups excluding carboxylic acids is 1. The Morgan fingerprint density at radius 1 is 1.32 bits per heavy atom. The Morgan fingerprint density at radius 2 is 2.16 bits per heavy atom. The zero-order valence-electron chi connectivity index (χ0n) is 10.4. The van der Waals surface area contributed by atoms with Gasteiger partial charge in [-0.1, -0.05) is 0 Å². The number of rotatable bonds is 4. The molecule has 0 aromatic carbocycles. The average molecular weight is 260 g/mol. The van der Waals surface area contributed by atoms with Gasteiger partial charge in [0.15, 0.2) is 0 Å². The molecule has 98 valence electrons. The molecule has 2 N–H and O–H groups in total. The fourth-order valence-electron chi connectivity index (χ4n) is 1.53. The van der Waals surface area contributed by atoms with E-state index in [1.165, 1.54) is 12.1 Å². The molecule has 0 radical (unpaired) electrons. The van der Waals surface area contributed by atoms with Gasteiger partial charge in [0, 0.05) is 12.7 Å². The summed E-state index contributed by atoms with van der Waals surface area (Å²) in [7, 11) is 0. The zero-order valence-corrected chi connectivity index (χ0v) is 10.4. The van der Waals surface area contributed by atoms with Gasteiger partial charge in [-0.2, -0.15) is 0 Å². The van der Waals surface area contributed by atoms with Crippen molar-refractivity contribution in [2.45, 2.75) is 6.92 Å². The first kappa shape index (κ1) is 12.9. The average Bonchev–Trinajstić information content (AvgIpc) is 2.42. The fraction of sp³-hybridized carbons (Fsp3) is 0.154. The molecule has 5 nitrogen and oxygen atoms in total. The monoisotopic (exact) mass is 260 g/mol. The van der Waals surface area contributed by atoms with E-state index in [2.05, 4.69) is 20.6 Å². The van der Waals surface area contributed by atoms with Gasteiger partial charge in [-0.25, -0.2) is 14.4 Å². The van der Waals surface area contributed by atoms with Crippen LogP contribution in [0.15, 0.2) is 36.7 Å². The Balaban J connectivity index is 2.18. The molecule has 0 aliphatic heterocycles. The molecular formula is C13H13FN4O. The normalized spacial score (nSPS) is 10.0. The van der Waals surface area contributed by atoms with E-state index < -0.39 is 5.82 Å². The third-order valence-electron chi connectivity index (χ3n) is 2.37. The topological polar surface area (TPSA) is 66.9 Å². The minimum absolute atomic E-state index is 0.290. The number of hydrogen-bond acceptors (Lipinski definition) is 4. The Labute approximate surface area is 109 Å². The number of nitrogens with one attached hydrogen (secondary N) is 2. The maximum atomic E-state index is 12.7. The Kier molecular flexibility index (Phi) is 4.02. The number of halogens is 1. The molecule has 2 aromatic rings. The molecule has 0 saturated carbocycles. The largest absolute Gasteiger partial charge is 0.370 e. The lowest BCUT2D eigenvalue weighted by Gasteiger charge is -2.09. The molecule has 0 bridgehead atoms. The van der Waals surface area contributed by atoms with Crippen molar-refractivity contribution in [3.63, 3.8) is 0 Å². The van der Waals surface area contributed by atoms with E-state index >= 15 is 0 Å². The van der Waals surface area contributed by atoms with E-state index in [0.29, 0.717) is 17.9 Å². The van der Waals surface area contributed by atoms with Crippen molar-refractivity contribution in [3.8, 4) is 0 Å². The Bertz CT molecular complexity index is 571. The van der Waals surface area contributed by atoms with Crippen LogP contribution in [0.3, 0.4) is 0 Å². The minimum Gasteiger partial charge on any atom is -0.370 e. The van der Waals surface area contributed by atoms with E-state index in [1.807, 2.05) is 6.92 Å². The van der Waals surface area contributed by atoms with E-state index in [9.17, 15) is 9.18 Å². The van der Waals surface area contributed by atoms with Crippen molar-refractivity contribution in [3.05, 3.63) is 48.0 Å². The SMILES string of the molecule is CCNc1ncccc1C(=O)Nc1ccc(F)cn1. The van der Waals surface area contributed by atoms with Crippen molar-refractivity contribution in [1.82, 2.24) is 9.97 Å². The number of aromatic nitrogens is 2. The van der Waals surface area contributed by atoms with Gasteiger partial charge in [-0.05, 0) is 31.2 Å². The molecule has 2 aromatic heterocycles. The zero-order chi connectivity index (χ0) is 13.7. The number of carbonyl (C=O) groups is 1. The summed E-state index contributed by atoms with van der Waals surface area (Å²) < 4.78 is 12.7. The highest BCUT2D eigenvalue weighted by molar-refractivity contribution is 6.06. The summed E-state index contributed by atoms with van der Waals surface area (Å²) >= 11 is 0. The summed E-state index contributed by atoms with van der Waals surface area (Å²) in [4.78, 5) is 19.9. The lowest BCUT2D eigenvalue weighted by molar-refractivity contribution is 0.102. The molecule has 1 amide bonds. The minimum atomic E-state index is -0.451. The van der Waals surface area contributed by atoms with Crippen LogP contribution in [0.1, 0.15) is 17.3 Å². The summed E-state index contributed by atoms with van der Waals surface area (Å²) in [5.41, 5.74) is 0.412. The van der Waals surface area contributed by atoms with Gasteiger partial charge in [-0.3, -0.25) is 4.79 Å². The summed E-state index contributed by atoms with van der Waals surface area (Å²) in [6.07, 6.45) is 2.65. The van der Waals surface area contributed by atoms with E-state index in [-0.39, 0.29) is 11.7 Å². The highest BCUT2D eigenvalue weighted by atomic mass is 19.1. The van der Waals surface area contributed by atoms with Gasteiger partial charge in [-0.15, -0.1) is 0 Å². The van der Waals surface area contributed by atoms with Crippen LogP contribution >= 0.6 is 0 Å². The Hall–Kier alpha value is -2.50. The predicted molar refractivity (Wildman–Crippen MR) is 70.5 cm³/mol. The molecule has 0 spiro atoms. The molecule has 0 fully saturated rings. The first-order chi connectivity index (χ1) is 9.20. The number of pyridine rings is 2. The second kappa shape index (κ2) is 5.90. The van der Waals surface area contributed by atoms with Gasteiger partial charge in [0.1, 0.15) is 17.5 Å². The molecule has 6 heteroatoms. The second-order valence-corrected chi connectivity index (χ2v) is 3.75. The summed E-state index contributed by atoms with van der Waals surface area (Å²) in [5.74, 6) is -0.00168. The van der Waals surface area contributed by atoms with Crippen LogP contribution in [0.4, 0.5) is 16.0 Å². The van der Waals surface area contributed by atoms with Crippen LogP contribution in [0.2, 0.25) is 0 Å². The smallest absolute Gasteiger partial charge is 0.260 e. The molecule has 2 rings (SSSR count). The van der Waals surface area contributed by atoms with Crippen LogP contribution in [0.5, 0.6) is 0 Å². The highest BCUT2D eigenvalue weighted by Gasteiger charge is 2.12. The van der Waals surface area contributed by atoms with Gasteiger partial charge in [0.2, 0.25) is 0 Å². The van der Waals surface area contributed by atoms with E-state index in [4.69, 9.17) is 0 Å². The van der Waals surface area contributed by atoms with Crippen molar-refractivity contribution in [2.24, 2.45) is 0 Å². The van der Waals surface area contributed by atoms with E-state index in [0.717, 1.165) is 6.20 Å². The lowest BCUT2D eigenvalue weighted by atomic mass is 10.2. The van der Waals surface area contributed by atoms with Crippen LogP contribution < -0.4 is 10.6 Å².